The summed E-state index contributed by atoms with van der Waals surface area (Å²) in [4.78, 5) is 16.7. The molecule has 0 saturated carbocycles. The van der Waals surface area contributed by atoms with E-state index in [1.165, 1.54) is 12.1 Å². The van der Waals surface area contributed by atoms with Crippen molar-refractivity contribution in [2.45, 2.75) is 43.9 Å². The van der Waals surface area contributed by atoms with Gasteiger partial charge in [0.1, 0.15) is 0 Å². The summed E-state index contributed by atoms with van der Waals surface area (Å²) in [6, 6.07) is 3.66. The van der Waals surface area contributed by atoms with Gasteiger partial charge in [0, 0.05) is 23.7 Å². The minimum Gasteiger partial charge on any atom is -0.395 e. The van der Waals surface area contributed by atoms with Crippen LogP contribution in [0.2, 0.25) is 5.02 Å². The lowest BCUT2D eigenvalue weighted by molar-refractivity contribution is -0.137. The van der Waals surface area contributed by atoms with Crippen molar-refractivity contribution in [1.82, 2.24) is 9.80 Å². The van der Waals surface area contributed by atoms with E-state index in [1.54, 1.807) is 0 Å². The molecule has 0 unspecified atom stereocenters. The molecule has 0 bridgehead atoms. The average Bonchev–Trinajstić information content (AvgIpc) is 3.25. The van der Waals surface area contributed by atoms with E-state index in [1.807, 2.05) is 4.90 Å². The SMILES string of the molecule is O=C(CN1CCC[C@H]1CN1CCC[C@@H]1CO)Nc1ccc(Cl)cc1C(F)(F)F. The van der Waals surface area contributed by atoms with Gasteiger partial charge in [0.25, 0.3) is 0 Å². The van der Waals surface area contributed by atoms with Gasteiger partial charge in [0.05, 0.1) is 24.4 Å². The van der Waals surface area contributed by atoms with Gasteiger partial charge in [-0.2, -0.15) is 13.2 Å². The predicted molar refractivity (Wildman–Crippen MR) is 101 cm³/mol. The normalized spacial score (nSPS) is 24.0. The van der Waals surface area contributed by atoms with Gasteiger partial charge < -0.3 is 10.4 Å². The highest BCUT2D eigenvalue weighted by Crippen LogP contribution is 2.36. The van der Waals surface area contributed by atoms with Gasteiger partial charge in [-0.1, -0.05) is 11.6 Å². The molecule has 1 aromatic carbocycles. The molecule has 9 heteroatoms. The van der Waals surface area contributed by atoms with Crippen molar-refractivity contribution in [3.63, 3.8) is 0 Å². The molecule has 2 atom stereocenters. The molecule has 1 aromatic rings. The maximum atomic E-state index is 13.2. The van der Waals surface area contributed by atoms with E-state index in [-0.39, 0.29) is 35.9 Å². The number of carbonyl (C=O) groups is 1. The van der Waals surface area contributed by atoms with E-state index in [2.05, 4.69) is 10.2 Å². The molecule has 5 nitrogen and oxygen atoms in total. The standard InChI is InChI=1S/C19H25ClF3N3O2/c20-13-5-6-17(16(9-13)19(21,22)23)24-18(28)11-26-8-1-3-14(26)10-25-7-2-4-15(25)12-27/h5-6,9,14-15,27H,1-4,7-8,10-12H2,(H,24,28)/t14-,15+/m0/s1. The second kappa shape index (κ2) is 8.98. The lowest BCUT2D eigenvalue weighted by Gasteiger charge is -2.31. The number of likely N-dealkylation sites (tertiary alicyclic amines) is 2. The van der Waals surface area contributed by atoms with Gasteiger partial charge in [0.15, 0.2) is 0 Å². The molecule has 156 valence electrons. The van der Waals surface area contributed by atoms with E-state index in [0.29, 0.717) is 0 Å². The van der Waals surface area contributed by atoms with Crippen molar-refractivity contribution in [2.24, 2.45) is 0 Å². The molecular weight excluding hydrogens is 395 g/mol. The first kappa shape index (κ1) is 21.4. The Hall–Kier alpha value is -1.35. The Morgan fingerprint density at radius 2 is 1.86 bits per heavy atom. The van der Waals surface area contributed by atoms with Crippen molar-refractivity contribution < 1.29 is 23.1 Å². The number of nitrogens with zero attached hydrogens (tertiary/aromatic N) is 2. The first-order chi connectivity index (χ1) is 13.3. The summed E-state index contributed by atoms with van der Waals surface area (Å²) in [5, 5.41) is 11.8. The van der Waals surface area contributed by atoms with Crippen molar-refractivity contribution in [3.8, 4) is 0 Å². The van der Waals surface area contributed by atoms with Gasteiger partial charge >= 0.3 is 6.18 Å². The number of alkyl halides is 3. The third kappa shape index (κ3) is 5.17. The number of aliphatic hydroxyl groups excluding tert-OH is 1. The van der Waals surface area contributed by atoms with Crippen molar-refractivity contribution in [2.75, 3.05) is 38.1 Å². The highest BCUT2D eigenvalue weighted by Gasteiger charge is 2.35. The molecule has 2 heterocycles. The van der Waals surface area contributed by atoms with Crippen LogP contribution in [0.15, 0.2) is 18.2 Å². The molecule has 2 aliphatic heterocycles. The molecule has 2 N–H and O–H groups in total. The summed E-state index contributed by atoms with van der Waals surface area (Å²) in [6.45, 7) is 2.61. The number of rotatable bonds is 6. The second-order valence-corrected chi connectivity index (χ2v) is 7.91. The summed E-state index contributed by atoms with van der Waals surface area (Å²) < 4.78 is 39.6. The Morgan fingerprint density at radius 1 is 1.18 bits per heavy atom. The van der Waals surface area contributed by atoms with Crippen LogP contribution in [0, 0.1) is 0 Å². The quantitative estimate of drug-likeness (QED) is 0.743. The summed E-state index contributed by atoms with van der Waals surface area (Å²) in [5.74, 6) is -0.472. The molecule has 28 heavy (non-hydrogen) atoms. The zero-order valence-electron chi connectivity index (χ0n) is 15.5. The number of anilines is 1. The summed E-state index contributed by atoms with van der Waals surface area (Å²) in [5.41, 5.74) is -1.23. The van der Waals surface area contributed by atoms with Gasteiger partial charge in [-0.05, 0) is 57.0 Å². The van der Waals surface area contributed by atoms with Crippen LogP contribution in [0.25, 0.3) is 0 Å². The number of halogens is 4. The van der Waals surface area contributed by atoms with Gasteiger partial charge in [0.2, 0.25) is 5.91 Å². The number of amides is 1. The molecule has 1 amide bonds. The fourth-order valence-electron chi connectivity index (χ4n) is 4.16. The van der Waals surface area contributed by atoms with E-state index in [4.69, 9.17) is 11.6 Å². The number of aliphatic hydroxyl groups is 1. The zero-order chi connectivity index (χ0) is 20.3. The fourth-order valence-corrected chi connectivity index (χ4v) is 4.33. The molecule has 2 aliphatic rings. The minimum absolute atomic E-state index is 0.0334. The van der Waals surface area contributed by atoms with Gasteiger partial charge in [-0.3, -0.25) is 14.6 Å². The number of benzene rings is 1. The van der Waals surface area contributed by atoms with Crippen LogP contribution < -0.4 is 5.32 Å². The number of carbonyl (C=O) groups excluding carboxylic acids is 1. The molecular formula is C19H25ClF3N3O2. The summed E-state index contributed by atoms with van der Waals surface area (Å²) >= 11 is 5.68. The Bertz CT molecular complexity index is 701. The molecule has 0 aliphatic carbocycles. The van der Waals surface area contributed by atoms with Crippen molar-refractivity contribution in [1.29, 1.82) is 0 Å². The second-order valence-electron chi connectivity index (χ2n) is 7.48. The maximum absolute atomic E-state index is 13.2. The molecule has 0 radical (unpaired) electrons. The van der Waals surface area contributed by atoms with E-state index in [0.717, 1.165) is 51.4 Å². The zero-order valence-corrected chi connectivity index (χ0v) is 16.3. The van der Waals surface area contributed by atoms with E-state index in [9.17, 15) is 23.1 Å². The van der Waals surface area contributed by atoms with Crippen LogP contribution in [-0.4, -0.2) is 65.7 Å². The number of nitrogens with one attached hydrogen (secondary N) is 1. The van der Waals surface area contributed by atoms with Crippen LogP contribution in [-0.2, 0) is 11.0 Å². The molecule has 0 spiro atoms. The van der Waals surface area contributed by atoms with Gasteiger partial charge in [-0.25, -0.2) is 0 Å². The molecule has 2 fully saturated rings. The summed E-state index contributed by atoms with van der Waals surface area (Å²) in [6.07, 6.45) is -0.685. The topological polar surface area (TPSA) is 55.8 Å². The minimum atomic E-state index is -4.60. The Labute approximate surface area is 167 Å². The lowest BCUT2D eigenvalue weighted by Crippen LogP contribution is -2.45. The van der Waals surface area contributed by atoms with E-state index < -0.39 is 17.6 Å². The monoisotopic (exact) mass is 419 g/mol. The lowest BCUT2D eigenvalue weighted by atomic mass is 10.1. The number of hydrogen-bond donors (Lipinski definition) is 2. The van der Waals surface area contributed by atoms with Crippen molar-refractivity contribution >= 4 is 23.2 Å². The largest absolute Gasteiger partial charge is 0.418 e. The molecule has 2 saturated heterocycles. The van der Waals surface area contributed by atoms with Gasteiger partial charge in [-0.15, -0.1) is 0 Å². The Morgan fingerprint density at radius 3 is 2.54 bits per heavy atom. The van der Waals surface area contributed by atoms with Crippen LogP contribution in [0.3, 0.4) is 0 Å². The maximum Gasteiger partial charge on any atom is 0.418 e. The average molecular weight is 420 g/mol. The fraction of sp³-hybridized carbons (Fsp3) is 0.632. The van der Waals surface area contributed by atoms with Crippen LogP contribution >= 0.6 is 11.6 Å². The predicted octanol–water partition coefficient (Wildman–Crippen LogP) is 3.22. The first-order valence-corrected chi connectivity index (χ1v) is 9.91. The van der Waals surface area contributed by atoms with Crippen molar-refractivity contribution in [3.05, 3.63) is 28.8 Å². The third-order valence-corrected chi connectivity index (χ3v) is 5.80. The Balaban J connectivity index is 1.61. The highest BCUT2D eigenvalue weighted by atomic mass is 35.5. The highest BCUT2D eigenvalue weighted by molar-refractivity contribution is 6.30. The third-order valence-electron chi connectivity index (χ3n) is 5.56. The summed E-state index contributed by atoms with van der Waals surface area (Å²) in [7, 11) is 0. The Kier molecular flexibility index (Phi) is 6.85. The number of hydrogen-bond acceptors (Lipinski definition) is 4. The first-order valence-electron chi connectivity index (χ1n) is 9.53. The van der Waals surface area contributed by atoms with Crippen LogP contribution in [0.4, 0.5) is 18.9 Å². The smallest absolute Gasteiger partial charge is 0.395 e. The van der Waals surface area contributed by atoms with Crippen LogP contribution in [0.1, 0.15) is 31.2 Å². The molecule has 3 rings (SSSR count). The van der Waals surface area contributed by atoms with Crippen LogP contribution in [0.5, 0.6) is 0 Å². The van der Waals surface area contributed by atoms with E-state index >= 15 is 0 Å². The molecule has 0 aromatic heterocycles.